The molecule has 1 saturated carbocycles. The zero-order valence-electron chi connectivity index (χ0n) is 15.4. The highest BCUT2D eigenvalue weighted by molar-refractivity contribution is 5.89. The van der Waals surface area contributed by atoms with E-state index in [1.54, 1.807) is 29.2 Å². The van der Waals surface area contributed by atoms with Gasteiger partial charge in [0.2, 0.25) is 17.7 Å². The molecule has 8 nitrogen and oxygen atoms in total. The lowest BCUT2D eigenvalue weighted by Gasteiger charge is -2.21. The van der Waals surface area contributed by atoms with Gasteiger partial charge in [-0.1, -0.05) is 17.6 Å². The van der Waals surface area contributed by atoms with Gasteiger partial charge in [0.15, 0.2) is 5.82 Å². The molecule has 8 heteroatoms. The zero-order valence-corrected chi connectivity index (χ0v) is 15.4. The van der Waals surface area contributed by atoms with Gasteiger partial charge in [0.25, 0.3) is 0 Å². The molecule has 0 N–H and O–H groups in total. The van der Waals surface area contributed by atoms with Crippen molar-refractivity contribution in [3.8, 4) is 0 Å². The van der Waals surface area contributed by atoms with E-state index in [2.05, 4.69) is 15.1 Å². The largest absolute Gasteiger partial charge is 0.339 e. The van der Waals surface area contributed by atoms with Gasteiger partial charge in [0.1, 0.15) is 0 Å². The molecule has 1 unspecified atom stereocenters. The number of carbonyl (C=O) groups is 2. The fraction of sp³-hybridized carbons (Fsp3) is 0.526. The number of rotatable bonds is 6. The van der Waals surface area contributed by atoms with Crippen molar-refractivity contribution in [3.63, 3.8) is 0 Å². The first-order valence-corrected chi connectivity index (χ1v) is 9.34. The predicted molar refractivity (Wildman–Crippen MR) is 95.1 cm³/mol. The van der Waals surface area contributed by atoms with Crippen LogP contribution in [0.3, 0.4) is 0 Å². The molecular formula is C19H23N5O3. The summed E-state index contributed by atoms with van der Waals surface area (Å²) >= 11 is 0. The predicted octanol–water partition coefficient (Wildman–Crippen LogP) is 1.74. The van der Waals surface area contributed by atoms with Crippen molar-refractivity contribution < 1.29 is 14.1 Å². The van der Waals surface area contributed by atoms with Crippen LogP contribution >= 0.6 is 0 Å². The Kier molecular flexibility index (Phi) is 4.87. The van der Waals surface area contributed by atoms with Gasteiger partial charge in [0.05, 0.1) is 12.5 Å². The summed E-state index contributed by atoms with van der Waals surface area (Å²) in [6.07, 6.45) is 7.06. The molecule has 142 valence electrons. The standard InChI is InChI=1S/C19H23N5O3/c1-23(12-16-21-18(27-22-16)14-5-2-6-14)19(26)15-8-17(25)24(11-15)10-13-4-3-7-20-9-13/h3-4,7,9,14-15H,2,5-6,8,10-12H2,1H3. The third-order valence-electron chi connectivity index (χ3n) is 5.35. The van der Waals surface area contributed by atoms with Crippen LogP contribution in [0, 0.1) is 5.92 Å². The Bertz CT molecular complexity index is 818. The molecule has 4 rings (SSSR count). The number of nitrogens with zero attached hydrogens (tertiary/aromatic N) is 5. The van der Waals surface area contributed by atoms with Crippen LogP contribution in [0.25, 0.3) is 0 Å². The molecular weight excluding hydrogens is 346 g/mol. The molecule has 27 heavy (non-hydrogen) atoms. The van der Waals surface area contributed by atoms with Crippen LogP contribution in [-0.4, -0.2) is 50.3 Å². The molecule has 0 bridgehead atoms. The van der Waals surface area contributed by atoms with Crippen molar-refractivity contribution in [2.75, 3.05) is 13.6 Å². The van der Waals surface area contributed by atoms with Crippen molar-refractivity contribution in [3.05, 3.63) is 41.8 Å². The van der Waals surface area contributed by atoms with Crippen molar-refractivity contribution in [2.24, 2.45) is 5.92 Å². The van der Waals surface area contributed by atoms with Crippen molar-refractivity contribution in [1.29, 1.82) is 0 Å². The molecule has 1 aliphatic carbocycles. The number of amides is 2. The van der Waals surface area contributed by atoms with Crippen molar-refractivity contribution >= 4 is 11.8 Å². The Morgan fingerprint density at radius 1 is 1.41 bits per heavy atom. The van der Waals surface area contributed by atoms with Crippen LogP contribution in [0.5, 0.6) is 0 Å². The molecule has 2 aromatic heterocycles. The molecule has 3 heterocycles. The number of pyridine rings is 1. The third kappa shape index (κ3) is 3.84. The van der Waals surface area contributed by atoms with Gasteiger partial charge in [-0.25, -0.2) is 0 Å². The van der Waals surface area contributed by atoms with Gasteiger partial charge < -0.3 is 14.3 Å². The van der Waals surface area contributed by atoms with E-state index in [9.17, 15) is 9.59 Å². The number of aromatic nitrogens is 3. The highest BCUT2D eigenvalue weighted by Crippen LogP contribution is 2.35. The van der Waals surface area contributed by atoms with E-state index in [-0.39, 0.29) is 24.2 Å². The van der Waals surface area contributed by atoms with Gasteiger partial charge in [-0.3, -0.25) is 14.6 Å². The molecule has 2 fully saturated rings. The van der Waals surface area contributed by atoms with Crippen LogP contribution in [0.4, 0.5) is 0 Å². The van der Waals surface area contributed by atoms with Gasteiger partial charge in [-0.05, 0) is 24.5 Å². The van der Waals surface area contributed by atoms with Crippen LogP contribution < -0.4 is 0 Å². The van der Waals surface area contributed by atoms with E-state index in [4.69, 9.17) is 4.52 Å². The molecule has 2 amide bonds. The molecule has 1 saturated heterocycles. The second-order valence-corrected chi connectivity index (χ2v) is 7.41. The van der Waals surface area contributed by atoms with E-state index in [1.807, 2.05) is 12.1 Å². The lowest BCUT2D eigenvalue weighted by molar-refractivity contribution is -0.135. The van der Waals surface area contributed by atoms with Crippen LogP contribution in [0.1, 0.15) is 48.9 Å². The maximum Gasteiger partial charge on any atom is 0.229 e. The van der Waals surface area contributed by atoms with E-state index in [0.717, 1.165) is 18.4 Å². The lowest BCUT2D eigenvalue weighted by atomic mass is 9.85. The topological polar surface area (TPSA) is 92.4 Å². The number of hydrogen-bond acceptors (Lipinski definition) is 6. The lowest BCUT2D eigenvalue weighted by Crippen LogP contribution is -2.34. The van der Waals surface area contributed by atoms with Crippen molar-refractivity contribution in [2.45, 2.75) is 44.7 Å². The molecule has 2 aliphatic rings. The van der Waals surface area contributed by atoms with E-state index >= 15 is 0 Å². The van der Waals surface area contributed by atoms with Crippen molar-refractivity contribution in [1.82, 2.24) is 24.9 Å². The van der Waals surface area contributed by atoms with Gasteiger partial charge in [-0.15, -0.1) is 0 Å². The Hall–Kier alpha value is -2.77. The Balaban J connectivity index is 1.33. The smallest absolute Gasteiger partial charge is 0.229 e. The number of hydrogen-bond donors (Lipinski definition) is 0. The maximum absolute atomic E-state index is 12.7. The van der Waals surface area contributed by atoms with Gasteiger partial charge in [0, 0.05) is 44.9 Å². The second-order valence-electron chi connectivity index (χ2n) is 7.41. The molecule has 0 aromatic carbocycles. The Morgan fingerprint density at radius 3 is 2.96 bits per heavy atom. The minimum atomic E-state index is -0.336. The fourth-order valence-electron chi connectivity index (χ4n) is 3.56. The highest BCUT2D eigenvalue weighted by Gasteiger charge is 2.36. The number of carbonyl (C=O) groups excluding carboxylic acids is 2. The summed E-state index contributed by atoms with van der Waals surface area (Å²) in [6.45, 7) is 1.20. The summed E-state index contributed by atoms with van der Waals surface area (Å²) in [6, 6.07) is 3.77. The van der Waals surface area contributed by atoms with E-state index in [1.165, 1.54) is 6.42 Å². The van der Waals surface area contributed by atoms with Gasteiger partial charge >= 0.3 is 0 Å². The highest BCUT2D eigenvalue weighted by atomic mass is 16.5. The monoisotopic (exact) mass is 369 g/mol. The average molecular weight is 369 g/mol. The summed E-state index contributed by atoms with van der Waals surface area (Å²) in [4.78, 5) is 36.8. The number of likely N-dealkylation sites (tertiary alicyclic amines) is 1. The normalized spacial score (nSPS) is 20.0. The van der Waals surface area contributed by atoms with Crippen LogP contribution in [0.15, 0.2) is 29.0 Å². The molecule has 1 atom stereocenters. The Labute approximate surface area is 157 Å². The van der Waals surface area contributed by atoms with E-state index < -0.39 is 0 Å². The zero-order chi connectivity index (χ0) is 18.8. The average Bonchev–Trinajstić information content (AvgIpc) is 3.21. The minimum absolute atomic E-state index is 0.00238. The maximum atomic E-state index is 12.7. The molecule has 0 spiro atoms. The molecule has 2 aromatic rings. The first-order chi connectivity index (χ1) is 13.1. The summed E-state index contributed by atoms with van der Waals surface area (Å²) in [5.41, 5.74) is 0.961. The van der Waals surface area contributed by atoms with E-state index in [0.29, 0.717) is 37.3 Å². The van der Waals surface area contributed by atoms with Crippen LogP contribution in [0.2, 0.25) is 0 Å². The second kappa shape index (κ2) is 7.46. The van der Waals surface area contributed by atoms with Gasteiger partial charge in [-0.2, -0.15) is 4.98 Å². The fourth-order valence-corrected chi connectivity index (χ4v) is 3.56. The first kappa shape index (κ1) is 17.6. The SMILES string of the molecule is CN(Cc1noc(C2CCC2)n1)C(=O)C1CC(=O)N(Cc2cccnc2)C1. The summed E-state index contributed by atoms with van der Waals surface area (Å²) in [5, 5.41) is 3.99. The third-order valence-corrected chi connectivity index (χ3v) is 5.35. The summed E-state index contributed by atoms with van der Waals surface area (Å²) < 4.78 is 5.31. The summed E-state index contributed by atoms with van der Waals surface area (Å²) in [7, 11) is 1.72. The Morgan fingerprint density at radius 2 is 2.26 bits per heavy atom. The summed E-state index contributed by atoms with van der Waals surface area (Å²) in [5.74, 6) is 1.17. The first-order valence-electron chi connectivity index (χ1n) is 9.34. The molecule has 1 aliphatic heterocycles. The quantitative estimate of drug-likeness (QED) is 0.770. The minimum Gasteiger partial charge on any atom is -0.339 e. The van der Waals surface area contributed by atoms with Crippen LogP contribution in [-0.2, 0) is 22.7 Å². The molecule has 0 radical (unpaired) electrons.